The lowest BCUT2D eigenvalue weighted by Crippen LogP contribution is -2.04. The first-order valence-corrected chi connectivity index (χ1v) is 5.96. The van der Waals surface area contributed by atoms with E-state index in [1.54, 1.807) is 6.07 Å². The number of nitrogen functional groups attached to an aromatic ring is 1. The third-order valence-corrected chi connectivity index (χ3v) is 2.42. The fourth-order valence-electron chi connectivity index (χ4n) is 1.52. The van der Waals surface area contributed by atoms with Gasteiger partial charge in [-0.15, -0.1) is 0 Å². The number of nitrogens with two attached hydrogens (primary N) is 1. The molecule has 0 unspecified atom stereocenters. The Morgan fingerprint density at radius 2 is 1.89 bits per heavy atom. The Labute approximate surface area is 107 Å². The molecule has 2 rings (SSSR count). The summed E-state index contributed by atoms with van der Waals surface area (Å²) in [6.45, 7) is 4.97. The molecule has 1 aromatic heterocycles. The summed E-state index contributed by atoms with van der Waals surface area (Å²) in [4.78, 5) is 8.06. The van der Waals surface area contributed by atoms with Crippen molar-refractivity contribution in [1.82, 2.24) is 9.97 Å². The highest BCUT2D eigenvalue weighted by Crippen LogP contribution is 2.21. The highest BCUT2D eigenvalue weighted by atomic mass is 16.5. The number of nitrogens with zero attached hydrogens (tertiary/aromatic N) is 2. The maximum absolute atomic E-state index is 5.63. The smallest absolute Gasteiger partial charge is 0.127 e. The number of rotatable bonds is 4. The maximum Gasteiger partial charge on any atom is 0.127 e. The molecule has 0 bridgehead atoms. The molecule has 2 N–H and O–H groups in total. The van der Waals surface area contributed by atoms with Gasteiger partial charge in [-0.1, -0.05) is 13.8 Å². The second kappa shape index (κ2) is 5.49. The van der Waals surface area contributed by atoms with Crippen molar-refractivity contribution < 1.29 is 4.74 Å². The van der Waals surface area contributed by atoms with Crippen LogP contribution in [0.2, 0.25) is 0 Å². The SMILES string of the molecule is CC(C)COc1ccc(-c2cc(N)ncn2)cc1. The minimum atomic E-state index is 0.472. The molecule has 18 heavy (non-hydrogen) atoms. The van der Waals surface area contributed by atoms with Crippen molar-refractivity contribution in [3.63, 3.8) is 0 Å². The Kier molecular flexibility index (Phi) is 3.77. The van der Waals surface area contributed by atoms with E-state index in [-0.39, 0.29) is 0 Å². The molecule has 0 fully saturated rings. The fourth-order valence-corrected chi connectivity index (χ4v) is 1.52. The highest BCUT2D eigenvalue weighted by Gasteiger charge is 2.02. The van der Waals surface area contributed by atoms with E-state index in [1.165, 1.54) is 6.33 Å². The van der Waals surface area contributed by atoms with E-state index in [2.05, 4.69) is 23.8 Å². The molecule has 0 amide bonds. The molecule has 0 radical (unpaired) electrons. The van der Waals surface area contributed by atoms with Gasteiger partial charge in [0, 0.05) is 11.6 Å². The monoisotopic (exact) mass is 243 g/mol. The number of hydrogen-bond acceptors (Lipinski definition) is 4. The zero-order chi connectivity index (χ0) is 13.0. The average Bonchev–Trinajstić information content (AvgIpc) is 2.37. The first kappa shape index (κ1) is 12.4. The lowest BCUT2D eigenvalue weighted by atomic mass is 10.1. The van der Waals surface area contributed by atoms with Gasteiger partial charge < -0.3 is 10.5 Å². The van der Waals surface area contributed by atoms with Crippen LogP contribution in [0.1, 0.15) is 13.8 Å². The van der Waals surface area contributed by atoms with Crippen LogP contribution >= 0.6 is 0 Å². The van der Waals surface area contributed by atoms with Crippen LogP contribution in [-0.4, -0.2) is 16.6 Å². The van der Waals surface area contributed by atoms with Crippen LogP contribution in [0.15, 0.2) is 36.7 Å². The largest absolute Gasteiger partial charge is 0.493 e. The second-order valence-electron chi connectivity index (χ2n) is 4.56. The summed E-state index contributed by atoms with van der Waals surface area (Å²) in [7, 11) is 0. The highest BCUT2D eigenvalue weighted by molar-refractivity contribution is 5.62. The van der Waals surface area contributed by atoms with Crippen LogP contribution < -0.4 is 10.5 Å². The number of aromatic nitrogens is 2. The summed E-state index contributed by atoms with van der Waals surface area (Å²) in [6.07, 6.45) is 1.47. The Morgan fingerprint density at radius 1 is 1.17 bits per heavy atom. The third-order valence-electron chi connectivity index (χ3n) is 2.42. The van der Waals surface area contributed by atoms with Gasteiger partial charge in [-0.2, -0.15) is 0 Å². The Morgan fingerprint density at radius 3 is 2.50 bits per heavy atom. The summed E-state index contributed by atoms with van der Waals surface area (Å²) < 4.78 is 5.62. The van der Waals surface area contributed by atoms with Gasteiger partial charge in [0.05, 0.1) is 12.3 Å². The number of anilines is 1. The average molecular weight is 243 g/mol. The fraction of sp³-hybridized carbons (Fsp3) is 0.286. The summed E-state index contributed by atoms with van der Waals surface area (Å²) >= 11 is 0. The van der Waals surface area contributed by atoms with Gasteiger partial charge in [-0.05, 0) is 30.2 Å². The molecule has 4 nitrogen and oxygen atoms in total. The molecule has 0 aliphatic heterocycles. The van der Waals surface area contributed by atoms with E-state index in [0.29, 0.717) is 11.7 Å². The van der Waals surface area contributed by atoms with Gasteiger partial charge >= 0.3 is 0 Å². The van der Waals surface area contributed by atoms with Crippen molar-refractivity contribution in [3.05, 3.63) is 36.7 Å². The molecule has 1 heterocycles. The standard InChI is InChI=1S/C14H17N3O/c1-10(2)8-18-12-5-3-11(4-6-12)13-7-14(15)17-9-16-13/h3-7,9-10H,8H2,1-2H3,(H2,15,16,17). The molecule has 0 atom stereocenters. The number of benzene rings is 1. The molecule has 0 aliphatic rings. The Bertz CT molecular complexity index is 509. The van der Waals surface area contributed by atoms with Crippen LogP contribution in [0.3, 0.4) is 0 Å². The summed E-state index contributed by atoms with van der Waals surface area (Å²) in [5.74, 6) is 1.86. The minimum Gasteiger partial charge on any atom is -0.493 e. The predicted octanol–water partition coefficient (Wildman–Crippen LogP) is 2.76. The summed E-state index contributed by atoms with van der Waals surface area (Å²) in [5, 5.41) is 0. The molecule has 0 spiro atoms. The first-order valence-electron chi connectivity index (χ1n) is 5.96. The van der Waals surface area contributed by atoms with E-state index >= 15 is 0 Å². The minimum absolute atomic E-state index is 0.472. The Balaban J connectivity index is 2.12. The molecule has 2 aromatic rings. The van der Waals surface area contributed by atoms with Gasteiger partial charge in [0.15, 0.2) is 0 Å². The normalized spacial score (nSPS) is 10.6. The molecule has 4 heteroatoms. The van der Waals surface area contributed by atoms with Crippen LogP contribution in [0.5, 0.6) is 5.75 Å². The predicted molar refractivity (Wildman–Crippen MR) is 72.2 cm³/mol. The van der Waals surface area contributed by atoms with Crippen molar-refractivity contribution >= 4 is 5.82 Å². The van der Waals surface area contributed by atoms with Crippen molar-refractivity contribution in [2.75, 3.05) is 12.3 Å². The van der Waals surface area contributed by atoms with Gasteiger partial charge in [-0.25, -0.2) is 9.97 Å². The molecule has 0 aliphatic carbocycles. The molecule has 0 saturated heterocycles. The molecule has 1 aromatic carbocycles. The molecular formula is C14H17N3O. The lowest BCUT2D eigenvalue weighted by molar-refractivity contribution is 0.271. The van der Waals surface area contributed by atoms with Crippen LogP contribution in [0.4, 0.5) is 5.82 Å². The van der Waals surface area contributed by atoms with E-state index in [4.69, 9.17) is 10.5 Å². The van der Waals surface area contributed by atoms with Gasteiger partial charge in [0.2, 0.25) is 0 Å². The number of hydrogen-bond donors (Lipinski definition) is 1. The van der Waals surface area contributed by atoms with Gasteiger partial charge in [0.25, 0.3) is 0 Å². The molecule has 0 saturated carbocycles. The Hall–Kier alpha value is -2.10. The van der Waals surface area contributed by atoms with Crippen LogP contribution in [0.25, 0.3) is 11.3 Å². The van der Waals surface area contributed by atoms with Crippen molar-refractivity contribution in [2.24, 2.45) is 5.92 Å². The van der Waals surface area contributed by atoms with Gasteiger partial charge in [-0.3, -0.25) is 0 Å². The zero-order valence-corrected chi connectivity index (χ0v) is 10.6. The van der Waals surface area contributed by atoms with E-state index in [9.17, 15) is 0 Å². The van der Waals surface area contributed by atoms with Crippen LogP contribution in [0, 0.1) is 5.92 Å². The van der Waals surface area contributed by atoms with E-state index in [1.807, 2.05) is 24.3 Å². The summed E-state index contributed by atoms with van der Waals surface area (Å²) in [5.41, 5.74) is 7.45. The second-order valence-corrected chi connectivity index (χ2v) is 4.56. The van der Waals surface area contributed by atoms with E-state index < -0.39 is 0 Å². The molecule has 94 valence electrons. The van der Waals surface area contributed by atoms with Gasteiger partial charge in [0.1, 0.15) is 17.9 Å². The van der Waals surface area contributed by atoms with E-state index in [0.717, 1.165) is 23.6 Å². The van der Waals surface area contributed by atoms with Crippen molar-refractivity contribution in [3.8, 4) is 17.0 Å². The van der Waals surface area contributed by atoms with Crippen LogP contribution in [-0.2, 0) is 0 Å². The third kappa shape index (κ3) is 3.20. The lowest BCUT2D eigenvalue weighted by Gasteiger charge is -2.09. The molecular weight excluding hydrogens is 226 g/mol. The van der Waals surface area contributed by atoms with Crippen molar-refractivity contribution in [1.29, 1.82) is 0 Å². The quantitative estimate of drug-likeness (QED) is 0.897. The summed E-state index contributed by atoms with van der Waals surface area (Å²) in [6, 6.07) is 9.57. The van der Waals surface area contributed by atoms with Crippen molar-refractivity contribution in [2.45, 2.75) is 13.8 Å². The number of ether oxygens (including phenoxy) is 1. The zero-order valence-electron chi connectivity index (χ0n) is 10.6. The topological polar surface area (TPSA) is 61.0 Å². The maximum atomic E-state index is 5.63. The first-order chi connectivity index (χ1) is 8.65.